The van der Waals surface area contributed by atoms with Gasteiger partial charge in [-0.25, -0.2) is 4.98 Å². The van der Waals surface area contributed by atoms with E-state index in [1.54, 1.807) is 12.1 Å². The van der Waals surface area contributed by atoms with E-state index in [0.29, 0.717) is 33.8 Å². The van der Waals surface area contributed by atoms with Crippen LogP contribution in [0.1, 0.15) is 27.3 Å². The van der Waals surface area contributed by atoms with Crippen molar-refractivity contribution >= 4 is 28.6 Å². The number of carbonyl (C=O) groups excluding carboxylic acids is 1. The van der Waals surface area contributed by atoms with Crippen LogP contribution in [-0.2, 0) is 0 Å². The Hall–Kier alpha value is -4.18. The lowest BCUT2D eigenvalue weighted by Crippen LogP contribution is -2.26. The molecule has 0 saturated carbocycles. The summed E-state index contributed by atoms with van der Waals surface area (Å²) in [7, 11) is 1.41. The van der Waals surface area contributed by atoms with Crippen molar-refractivity contribution in [3.8, 4) is 11.3 Å². The van der Waals surface area contributed by atoms with Gasteiger partial charge in [-0.3, -0.25) is 9.59 Å². The molecule has 0 aliphatic heterocycles. The lowest BCUT2D eigenvalue weighted by atomic mass is 9.98. The van der Waals surface area contributed by atoms with Crippen LogP contribution < -0.4 is 21.0 Å². The van der Waals surface area contributed by atoms with E-state index >= 15 is 0 Å². The Morgan fingerprint density at radius 2 is 1.88 bits per heavy atom. The van der Waals surface area contributed by atoms with Crippen molar-refractivity contribution < 1.29 is 14.7 Å². The lowest BCUT2D eigenvalue weighted by Gasteiger charge is -2.15. The van der Waals surface area contributed by atoms with Crippen LogP contribution in [0.25, 0.3) is 22.3 Å². The van der Waals surface area contributed by atoms with E-state index in [1.807, 2.05) is 39.0 Å². The molecule has 3 heterocycles. The number of pyridine rings is 1. The van der Waals surface area contributed by atoms with Crippen LogP contribution in [0.4, 0.5) is 11.6 Å². The highest BCUT2D eigenvalue weighted by Gasteiger charge is 2.19. The molecular formula is C24H26N6O4. The van der Waals surface area contributed by atoms with Crippen LogP contribution in [0.15, 0.2) is 41.2 Å². The van der Waals surface area contributed by atoms with Crippen molar-refractivity contribution in [1.29, 1.82) is 0 Å². The highest BCUT2D eigenvalue weighted by Crippen LogP contribution is 2.32. The number of aryl methyl sites for hydroxylation is 3. The Bertz CT molecular complexity index is 1420. The number of aromatic amines is 1. The number of fused-ring (bicyclic) bond motifs is 1. The largest absolute Gasteiger partial charge is 0.412 e. The SMILES string of the molecule is COn1c(=O)ccc2c(-c3c(C)cccc3C)nc(Nc3cc(C(=O)NCCO)[nH]c3C)nc21. The number of carbonyl (C=O) groups is 1. The van der Waals surface area contributed by atoms with E-state index in [4.69, 9.17) is 14.9 Å². The van der Waals surface area contributed by atoms with Crippen molar-refractivity contribution in [1.82, 2.24) is 25.0 Å². The van der Waals surface area contributed by atoms with E-state index < -0.39 is 0 Å². The fraction of sp³-hybridized carbons (Fsp3) is 0.250. The molecular weight excluding hydrogens is 436 g/mol. The molecule has 4 rings (SSSR count). The van der Waals surface area contributed by atoms with Gasteiger partial charge in [-0.05, 0) is 44.0 Å². The average Bonchev–Trinajstić information content (AvgIpc) is 3.17. The second-order valence-corrected chi connectivity index (χ2v) is 7.87. The van der Waals surface area contributed by atoms with Gasteiger partial charge in [0.05, 0.1) is 18.0 Å². The standard InChI is InChI=1S/C24H26N6O4/c1-13-6-5-7-14(2)20(13)21-16-8-9-19(32)30(34-4)22(16)29-24(28-21)27-17-12-18(26-15(17)3)23(33)25-10-11-31/h5-9,12,26,31H,10-11H2,1-4H3,(H,25,33)(H,27,28,29). The van der Waals surface area contributed by atoms with Gasteiger partial charge in [0.2, 0.25) is 5.95 Å². The number of nitrogens with zero attached hydrogens (tertiary/aromatic N) is 3. The number of hydrogen-bond acceptors (Lipinski definition) is 7. The maximum atomic E-state index is 12.4. The number of aromatic nitrogens is 4. The first-order valence-electron chi connectivity index (χ1n) is 10.7. The Morgan fingerprint density at radius 1 is 1.15 bits per heavy atom. The number of rotatable bonds is 7. The van der Waals surface area contributed by atoms with Crippen molar-refractivity contribution in [3.63, 3.8) is 0 Å². The minimum Gasteiger partial charge on any atom is -0.412 e. The molecule has 0 radical (unpaired) electrons. The van der Waals surface area contributed by atoms with E-state index in [2.05, 4.69) is 20.6 Å². The second kappa shape index (κ2) is 9.36. The maximum absolute atomic E-state index is 12.4. The van der Waals surface area contributed by atoms with E-state index in [-0.39, 0.29) is 30.6 Å². The molecule has 0 atom stereocenters. The molecule has 0 unspecified atom stereocenters. The van der Waals surface area contributed by atoms with Crippen LogP contribution in [-0.4, -0.2) is 51.0 Å². The molecule has 1 aromatic carbocycles. The predicted octanol–water partition coefficient (Wildman–Crippen LogP) is 2.24. The summed E-state index contributed by atoms with van der Waals surface area (Å²) in [5, 5.41) is 15.4. The zero-order valence-electron chi connectivity index (χ0n) is 19.4. The summed E-state index contributed by atoms with van der Waals surface area (Å²) >= 11 is 0. The third-order valence-electron chi connectivity index (χ3n) is 5.51. The fourth-order valence-electron chi connectivity index (χ4n) is 3.90. The summed E-state index contributed by atoms with van der Waals surface area (Å²) < 4.78 is 1.12. The van der Waals surface area contributed by atoms with E-state index in [1.165, 1.54) is 13.2 Å². The van der Waals surface area contributed by atoms with Crippen molar-refractivity contribution in [2.45, 2.75) is 20.8 Å². The first-order chi connectivity index (χ1) is 16.3. The van der Waals surface area contributed by atoms with Crippen LogP contribution >= 0.6 is 0 Å². The minimum atomic E-state index is -0.354. The average molecular weight is 463 g/mol. The minimum absolute atomic E-state index is 0.149. The van der Waals surface area contributed by atoms with Crippen LogP contribution in [0, 0.1) is 20.8 Å². The molecule has 4 aromatic rings. The van der Waals surface area contributed by atoms with Crippen LogP contribution in [0.5, 0.6) is 0 Å². The van der Waals surface area contributed by atoms with Gasteiger partial charge < -0.3 is 25.6 Å². The quantitative estimate of drug-likeness (QED) is 0.331. The highest BCUT2D eigenvalue weighted by atomic mass is 16.6. The third kappa shape index (κ3) is 4.23. The molecule has 10 heteroatoms. The Morgan fingerprint density at radius 3 is 2.56 bits per heavy atom. The number of hydrogen-bond donors (Lipinski definition) is 4. The van der Waals surface area contributed by atoms with Crippen molar-refractivity contribution in [3.05, 3.63) is 69.3 Å². The van der Waals surface area contributed by atoms with Gasteiger partial charge in [-0.15, -0.1) is 4.73 Å². The van der Waals surface area contributed by atoms with Gasteiger partial charge in [0.15, 0.2) is 5.65 Å². The smallest absolute Gasteiger partial charge is 0.285 e. The molecule has 34 heavy (non-hydrogen) atoms. The summed E-state index contributed by atoms with van der Waals surface area (Å²) in [5.41, 5.74) is 5.25. The zero-order chi connectivity index (χ0) is 24.4. The Kier molecular flexibility index (Phi) is 6.33. The van der Waals surface area contributed by atoms with Gasteiger partial charge in [-0.1, -0.05) is 18.2 Å². The van der Waals surface area contributed by atoms with Gasteiger partial charge in [-0.2, -0.15) is 4.98 Å². The number of anilines is 2. The lowest BCUT2D eigenvalue weighted by molar-refractivity contribution is 0.0940. The van der Waals surface area contributed by atoms with Gasteiger partial charge >= 0.3 is 0 Å². The summed E-state index contributed by atoms with van der Waals surface area (Å²) in [4.78, 5) is 42.4. The molecule has 0 fully saturated rings. The number of aliphatic hydroxyl groups excluding tert-OH is 1. The molecule has 0 spiro atoms. The second-order valence-electron chi connectivity index (χ2n) is 7.87. The molecule has 0 bridgehead atoms. The van der Waals surface area contributed by atoms with Gasteiger partial charge in [0.1, 0.15) is 12.8 Å². The normalized spacial score (nSPS) is 11.0. The summed E-state index contributed by atoms with van der Waals surface area (Å²) in [6.07, 6.45) is 0. The summed E-state index contributed by atoms with van der Waals surface area (Å²) in [6.45, 7) is 5.82. The van der Waals surface area contributed by atoms with Crippen molar-refractivity contribution in [2.24, 2.45) is 0 Å². The van der Waals surface area contributed by atoms with E-state index in [9.17, 15) is 9.59 Å². The number of amides is 1. The number of nitrogens with one attached hydrogen (secondary N) is 3. The summed E-state index contributed by atoms with van der Waals surface area (Å²) in [6, 6.07) is 10.7. The van der Waals surface area contributed by atoms with Crippen LogP contribution in [0.2, 0.25) is 0 Å². The van der Waals surface area contributed by atoms with Gasteiger partial charge in [0, 0.05) is 29.3 Å². The van der Waals surface area contributed by atoms with Gasteiger partial charge in [0.25, 0.3) is 11.5 Å². The third-order valence-corrected chi connectivity index (χ3v) is 5.51. The Balaban J connectivity index is 1.87. The number of H-pyrrole nitrogens is 1. The van der Waals surface area contributed by atoms with E-state index in [0.717, 1.165) is 21.4 Å². The first-order valence-corrected chi connectivity index (χ1v) is 10.7. The number of benzene rings is 1. The Labute approximate surface area is 195 Å². The maximum Gasteiger partial charge on any atom is 0.285 e. The van der Waals surface area contributed by atoms with Crippen LogP contribution in [0.3, 0.4) is 0 Å². The molecule has 0 aliphatic rings. The van der Waals surface area contributed by atoms with Crippen molar-refractivity contribution in [2.75, 3.05) is 25.6 Å². The molecule has 0 aliphatic carbocycles. The molecule has 0 saturated heterocycles. The number of aliphatic hydroxyl groups is 1. The predicted molar refractivity (Wildman–Crippen MR) is 129 cm³/mol. The topological polar surface area (TPSA) is 134 Å². The summed E-state index contributed by atoms with van der Waals surface area (Å²) in [5.74, 6) is -0.0972. The highest BCUT2D eigenvalue weighted by molar-refractivity contribution is 5.95. The molecule has 1 amide bonds. The first kappa shape index (κ1) is 23.0. The zero-order valence-corrected chi connectivity index (χ0v) is 19.4. The molecule has 4 N–H and O–H groups in total. The molecule has 10 nitrogen and oxygen atoms in total. The fourth-order valence-corrected chi connectivity index (χ4v) is 3.90. The monoisotopic (exact) mass is 462 g/mol. The molecule has 176 valence electrons. The molecule has 3 aromatic heterocycles.